The first-order valence-corrected chi connectivity index (χ1v) is 7.74. The van der Waals surface area contributed by atoms with Crippen LogP contribution in [0.1, 0.15) is 37.8 Å². The van der Waals surface area contributed by atoms with Gasteiger partial charge in [0.25, 0.3) is 0 Å². The molecule has 1 aliphatic rings. The second-order valence-electron chi connectivity index (χ2n) is 4.60. The molecule has 0 spiro atoms. The Bertz CT molecular complexity index is 367. The Morgan fingerprint density at radius 1 is 1.50 bits per heavy atom. The predicted molar refractivity (Wildman–Crippen MR) is 77.3 cm³/mol. The molecule has 0 aromatic carbocycles. The van der Waals surface area contributed by atoms with Gasteiger partial charge in [-0.3, -0.25) is 4.98 Å². The third kappa shape index (κ3) is 3.39. The molecule has 2 unspecified atom stereocenters. The van der Waals surface area contributed by atoms with Crippen molar-refractivity contribution in [3.05, 3.63) is 24.0 Å². The molecule has 1 fully saturated rings. The first-order valence-electron chi connectivity index (χ1n) is 6.69. The minimum Gasteiger partial charge on any atom is -0.495 e. The summed E-state index contributed by atoms with van der Waals surface area (Å²) in [5.41, 5.74) is 1.25. The van der Waals surface area contributed by atoms with Gasteiger partial charge in [-0.15, -0.1) is 0 Å². The number of ether oxygens (including phenoxy) is 1. The van der Waals surface area contributed by atoms with Crippen LogP contribution in [0.15, 0.2) is 18.5 Å². The molecule has 0 amide bonds. The van der Waals surface area contributed by atoms with Gasteiger partial charge in [0.15, 0.2) is 0 Å². The number of pyridine rings is 1. The Kier molecular flexibility index (Phi) is 5.32. The van der Waals surface area contributed by atoms with Crippen molar-refractivity contribution in [3.8, 4) is 5.75 Å². The summed E-state index contributed by atoms with van der Waals surface area (Å²) < 4.78 is 5.27. The molecule has 1 N–H and O–H groups in total. The second kappa shape index (κ2) is 7.00. The maximum absolute atomic E-state index is 5.27. The Labute approximate surface area is 114 Å². The SMILES string of the molecule is CCNC(c1cncc(OC)c1)C1CCCCS1. The van der Waals surface area contributed by atoms with E-state index in [2.05, 4.69) is 35.1 Å². The molecule has 3 nitrogen and oxygen atoms in total. The molecule has 18 heavy (non-hydrogen) atoms. The van der Waals surface area contributed by atoms with Gasteiger partial charge in [0.2, 0.25) is 0 Å². The fraction of sp³-hybridized carbons (Fsp3) is 0.643. The molecule has 4 heteroatoms. The summed E-state index contributed by atoms with van der Waals surface area (Å²) in [7, 11) is 1.69. The maximum Gasteiger partial charge on any atom is 0.137 e. The molecular formula is C14H22N2OS. The van der Waals surface area contributed by atoms with Crippen LogP contribution < -0.4 is 10.1 Å². The standard InChI is InChI=1S/C14H22N2OS/c1-3-16-14(13-6-4-5-7-18-13)11-8-12(17-2)10-15-9-11/h8-10,13-14,16H,3-7H2,1-2H3. The molecule has 1 aromatic rings. The number of rotatable bonds is 5. The van der Waals surface area contributed by atoms with Crippen molar-refractivity contribution in [2.24, 2.45) is 0 Å². The molecule has 100 valence electrons. The lowest BCUT2D eigenvalue weighted by Gasteiger charge is -2.30. The Morgan fingerprint density at radius 3 is 3.06 bits per heavy atom. The van der Waals surface area contributed by atoms with Gasteiger partial charge in [0, 0.05) is 17.5 Å². The molecule has 0 radical (unpaired) electrons. The highest BCUT2D eigenvalue weighted by Crippen LogP contribution is 2.35. The van der Waals surface area contributed by atoms with Gasteiger partial charge in [0.1, 0.15) is 5.75 Å². The van der Waals surface area contributed by atoms with Crippen molar-refractivity contribution in [3.63, 3.8) is 0 Å². The van der Waals surface area contributed by atoms with Crippen molar-refractivity contribution < 1.29 is 4.74 Å². The van der Waals surface area contributed by atoms with E-state index in [1.165, 1.54) is 30.6 Å². The average molecular weight is 266 g/mol. The third-order valence-corrected chi connectivity index (χ3v) is 4.80. The van der Waals surface area contributed by atoms with Crippen LogP contribution in [0.3, 0.4) is 0 Å². The van der Waals surface area contributed by atoms with Crippen molar-refractivity contribution in [2.45, 2.75) is 37.5 Å². The van der Waals surface area contributed by atoms with E-state index in [9.17, 15) is 0 Å². The van der Waals surface area contributed by atoms with E-state index < -0.39 is 0 Å². The van der Waals surface area contributed by atoms with Crippen molar-refractivity contribution in [1.82, 2.24) is 10.3 Å². The highest BCUT2D eigenvalue weighted by atomic mass is 32.2. The zero-order valence-electron chi connectivity index (χ0n) is 11.2. The molecule has 0 aliphatic carbocycles. The fourth-order valence-electron chi connectivity index (χ4n) is 2.43. The minimum atomic E-state index is 0.392. The number of hydrogen-bond acceptors (Lipinski definition) is 4. The van der Waals surface area contributed by atoms with Crippen molar-refractivity contribution >= 4 is 11.8 Å². The monoisotopic (exact) mass is 266 g/mol. The summed E-state index contributed by atoms with van der Waals surface area (Å²) in [6.07, 6.45) is 7.72. The van der Waals surface area contributed by atoms with Crippen LogP contribution in [0.4, 0.5) is 0 Å². The van der Waals surface area contributed by atoms with E-state index in [-0.39, 0.29) is 0 Å². The topological polar surface area (TPSA) is 34.2 Å². The third-order valence-electron chi connectivity index (χ3n) is 3.34. The van der Waals surface area contributed by atoms with E-state index in [4.69, 9.17) is 4.74 Å². The first kappa shape index (κ1) is 13.7. The number of hydrogen-bond donors (Lipinski definition) is 1. The summed E-state index contributed by atoms with van der Waals surface area (Å²) in [5, 5.41) is 4.26. The number of nitrogens with one attached hydrogen (secondary N) is 1. The maximum atomic E-state index is 5.27. The molecule has 0 bridgehead atoms. The van der Waals surface area contributed by atoms with Gasteiger partial charge in [0.05, 0.1) is 13.3 Å². The molecule has 2 atom stereocenters. The quantitative estimate of drug-likeness (QED) is 0.888. The summed E-state index contributed by atoms with van der Waals surface area (Å²) >= 11 is 2.09. The van der Waals surface area contributed by atoms with Crippen LogP contribution in [0.5, 0.6) is 5.75 Å². The van der Waals surface area contributed by atoms with E-state index in [0.717, 1.165) is 12.3 Å². The van der Waals surface area contributed by atoms with Gasteiger partial charge in [-0.25, -0.2) is 0 Å². The lowest BCUT2D eigenvalue weighted by atomic mass is 10.0. The molecule has 2 heterocycles. The van der Waals surface area contributed by atoms with E-state index >= 15 is 0 Å². The Morgan fingerprint density at radius 2 is 2.39 bits per heavy atom. The van der Waals surface area contributed by atoms with Crippen LogP contribution in [0.2, 0.25) is 0 Å². The van der Waals surface area contributed by atoms with Crippen LogP contribution in [-0.2, 0) is 0 Å². The van der Waals surface area contributed by atoms with Crippen LogP contribution in [0, 0.1) is 0 Å². The zero-order valence-corrected chi connectivity index (χ0v) is 12.0. The summed E-state index contributed by atoms with van der Waals surface area (Å²) in [5.74, 6) is 2.13. The lowest BCUT2D eigenvalue weighted by Crippen LogP contribution is -2.31. The predicted octanol–water partition coefficient (Wildman–Crippen LogP) is 3.03. The minimum absolute atomic E-state index is 0.392. The van der Waals surface area contributed by atoms with Crippen LogP contribution in [0.25, 0.3) is 0 Å². The van der Waals surface area contributed by atoms with Crippen LogP contribution >= 0.6 is 11.8 Å². The summed E-state index contributed by atoms with van der Waals surface area (Å²) in [6.45, 7) is 3.15. The number of thioether (sulfide) groups is 1. The number of methoxy groups -OCH3 is 1. The van der Waals surface area contributed by atoms with Gasteiger partial charge in [-0.1, -0.05) is 13.3 Å². The normalized spacial score (nSPS) is 21.6. The van der Waals surface area contributed by atoms with Gasteiger partial charge in [-0.2, -0.15) is 11.8 Å². The van der Waals surface area contributed by atoms with Crippen molar-refractivity contribution in [2.75, 3.05) is 19.4 Å². The van der Waals surface area contributed by atoms with Crippen LogP contribution in [-0.4, -0.2) is 29.6 Å². The molecular weight excluding hydrogens is 244 g/mol. The van der Waals surface area contributed by atoms with Gasteiger partial charge < -0.3 is 10.1 Å². The summed E-state index contributed by atoms with van der Waals surface area (Å²) in [4.78, 5) is 4.28. The highest BCUT2D eigenvalue weighted by Gasteiger charge is 2.25. The molecule has 2 rings (SSSR count). The molecule has 0 saturated carbocycles. The van der Waals surface area contributed by atoms with E-state index in [1.807, 2.05) is 6.20 Å². The first-order chi connectivity index (χ1) is 8.85. The van der Waals surface area contributed by atoms with E-state index in [0.29, 0.717) is 11.3 Å². The largest absolute Gasteiger partial charge is 0.495 e. The second-order valence-corrected chi connectivity index (χ2v) is 5.95. The van der Waals surface area contributed by atoms with Gasteiger partial charge >= 0.3 is 0 Å². The molecule has 1 aromatic heterocycles. The lowest BCUT2D eigenvalue weighted by molar-refractivity contribution is 0.410. The summed E-state index contributed by atoms with van der Waals surface area (Å²) in [6, 6.07) is 2.50. The zero-order chi connectivity index (χ0) is 12.8. The molecule has 1 saturated heterocycles. The fourth-order valence-corrected chi connectivity index (χ4v) is 3.88. The smallest absolute Gasteiger partial charge is 0.137 e. The van der Waals surface area contributed by atoms with E-state index in [1.54, 1.807) is 13.3 Å². The highest BCUT2D eigenvalue weighted by molar-refractivity contribution is 8.00. The van der Waals surface area contributed by atoms with Crippen molar-refractivity contribution in [1.29, 1.82) is 0 Å². The Hall–Kier alpha value is -0.740. The molecule has 1 aliphatic heterocycles. The average Bonchev–Trinajstić information content (AvgIpc) is 2.46. The van der Waals surface area contributed by atoms with Gasteiger partial charge in [-0.05, 0) is 36.8 Å². The number of nitrogens with zero attached hydrogens (tertiary/aromatic N) is 1. The number of aromatic nitrogens is 1. The Balaban J connectivity index is 2.16.